The Morgan fingerprint density at radius 1 is 0.683 bits per heavy atom. The first-order valence-corrected chi connectivity index (χ1v) is 17.0. The van der Waals surface area contributed by atoms with Crippen LogP contribution in [0.3, 0.4) is 0 Å². The largest absolute Gasteiger partial charge is 0.843 e. The maximum Gasteiger partial charge on any atom is 0.264 e. The Morgan fingerprint density at radius 3 is 1.61 bits per heavy atom. The van der Waals surface area contributed by atoms with Crippen LogP contribution >= 0.6 is 7.26 Å². The molecule has 2 atom stereocenters. The van der Waals surface area contributed by atoms with Gasteiger partial charge in [0.2, 0.25) is 0 Å². The van der Waals surface area contributed by atoms with Gasteiger partial charge in [0, 0.05) is 0 Å². The van der Waals surface area contributed by atoms with E-state index in [2.05, 4.69) is 36.4 Å². The maximum atomic E-state index is 15.3. The number of aryl methyl sites for hydroxylation is 1. The molecule has 0 fully saturated rings. The van der Waals surface area contributed by atoms with Crippen LogP contribution in [0.4, 0.5) is 5.69 Å². The van der Waals surface area contributed by atoms with Crippen LogP contribution < -0.4 is 25.3 Å². The van der Waals surface area contributed by atoms with Crippen LogP contribution in [0.15, 0.2) is 144 Å². The molecule has 5 aromatic carbocycles. The van der Waals surface area contributed by atoms with E-state index in [4.69, 9.17) is 0 Å². The van der Waals surface area contributed by atoms with E-state index < -0.39 is 28.5 Å². The fourth-order valence-corrected chi connectivity index (χ4v) is 13.0. The topological polar surface area (TPSA) is 60.4 Å². The average Bonchev–Trinajstić information content (AvgIpc) is 3.00. The van der Waals surface area contributed by atoms with E-state index in [9.17, 15) is 8.42 Å². The predicted octanol–water partition coefficient (Wildman–Crippen LogP) is 5.14. The Morgan fingerprint density at radius 2 is 1.12 bits per heavy atom. The first kappa shape index (κ1) is 27.4. The summed E-state index contributed by atoms with van der Waals surface area (Å²) in [5.41, 5.74) is -0.258. The van der Waals surface area contributed by atoms with Crippen molar-refractivity contribution in [2.45, 2.75) is 30.0 Å². The minimum absolute atomic E-state index is 0.0552. The maximum absolute atomic E-state index is 15.3. The highest BCUT2D eigenvalue weighted by Crippen LogP contribution is 2.65. The number of para-hydroxylation sites is 1. The van der Waals surface area contributed by atoms with Gasteiger partial charge in [-0.15, -0.1) is 0 Å². The predicted molar refractivity (Wildman–Crippen MR) is 168 cm³/mol. The Labute approximate surface area is 243 Å². The Hall–Kier alpha value is -3.76. The number of rotatable bonds is 6. The summed E-state index contributed by atoms with van der Waals surface area (Å²) >= 11 is 0. The van der Waals surface area contributed by atoms with Crippen molar-refractivity contribution in [3.8, 4) is 0 Å². The summed E-state index contributed by atoms with van der Waals surface area (Å²) in [7, 11) is -6.70. The van der Waals surface area contributed by atoms with E-state index in [-0.39, 0.29) is 11.4 Å². The summed E-state index contributed by atoms with van der Waals surface area (Å²) < 4.78 is 30.3. The number of anilines is 1. The lowest BCUT2D eigenvalue weighted by molar-refractivity contribution is -0.481. The monoisotopic (exact) mass is 577 g/mol. The number of nitrogens with zero attached hydrogens (tertiary/aromatic N) is 1. The van der Waals surface area contributed by atoms with Crippen molar-refractivity contribution >= 4 is 38.9 Å². The van der Waals surface area contributed by atoms with Crippen molar-refractivity contribution in [3.05, 3.63) is 151 Å². The molecule has 5 aromatic rings. The average molecular weight is 578 g/mol. The van der Waals surface area contributed by atoms with Crippen LogP contribution in [0.2, 0.25) is 0 Å². The molecule has 1 aliphatic heterocycles. The van der Waals surface area contributed by atoms with Gasteiger partial charge in [-0.25, -0.2) is 8.42 Å². The van der Waals surface area contributed by atoms with Gasteiger partial charge in [0.25, 0.3) is 10.0 Å². The van der Waals surface area contributed by atoms with Crippen molar-refractivity contribution < 1.29 is 13.5 Å². The van der Waals surface area contributed by atoms with Gasteiger partial charge in [0.05, 0.1) is 22.8 Å². The minimum atomic E-state index is -3.97. The first-order valence-electron chi connectivity index (χ1n) is 13.7. The van der Waals surface area contributed by atoms with E-state index in [1.807, 2.05) is 85.8 Å². The van der Waals surface area contributed by atoms with Crippen LogP contribution in [-0.2, 0) is 15.6 Å². The molecule has 0 radical (unpaired) electrons. The van der Waals surface area contributed by atoms with Crippen molar-refractivity contribution in [1.82, 2.24) is 0 Å². The van der Waals surface area contributed by atoms with Gasteiger partial charge in [-0.05, 0) is 72.7 Å². The Balaban J connectivity index is 1.68. The Kier molecular flexibility index (Phi) is 7.07. The molecule has 41 heavy (non-hydrogen) atoms. The molecule has 4 nitrogen and oxygen atoms in total. The summed E-state index contributed by atoms with van der Waals surface area (Å²) in [5, 5.41) is 18.5. The summed E-state index contributed by atoms with van der Waals surface area (Å²) in [6.45, 7) is 3.74. The molecule has 6 rings (SSSR count). The molecule has 0 aromatic heterocycles. The molecular formula is C35H32NO3PS. The summed E-state index contributed by atoms with van der Waals surface area (Å²) in [4.78, 5) is 0.217. The zero-order chi connectivity index (χ0) is 28.7. The zero-order valence-corrected chi connectivity index (χ0v) is 24.8. The van der Waals surface area contributed by atoms with E-state index in [0.717, 1.165) is 21.5 Å². The van der Waals surface area contributed by atoms with Crippen LogP contribution in [0.1, 0.15) is 18.1 Å². The molecule has 0 saturated heterocycles. The first-order chi connectivity index (χ1) is 19.8. The van der Waals surface area contributed by atoms with Crippen LogP contribution in [-0.4, -0.2) is 20.6 Å². The molecule has 0 amide bonds. The third kappa shape index (κ3) is 4.49. The van der Waals surface area contributed by atoms with Gasteiger partial charge in [0.1, 0.15) is 23.2 Å². The number of hydrogen-bond acceptors (Lipinski definition) is 3. The van der Waals surface area contributed by atoms with Crippen LogP contribution in [0.5, 0.6) is 0 Å². The number of hydrogen-bond donors (Lipinski definition) is 0. The van der Waals surface area contributed by atoms with Gasteiger partial charge >= 0.3 is 0 Å². The van der Waals surface area contributed by atoms with Gasteiger partial charge < -0.3 is 5.11 Å². The standard InChI is InChI=1S/C35H32NO3PS/c1-27-22-24-31(25-23-27)41(38,39)36-26-34(35(2,37)32-20-12-13-21-33(32)36)40(28-14-6-3-7-15-28,29-16-8-4-9-17-29)30-18-10-5-11-19-30/h3-25,34H,26H2,1-2H3. The highest BCUT2D eigenvalue weighted by molar-refractivity contribution is 7.96. The number of benzene rings is 5. The second kappa shape index (κ2) is 10.6. The van der Waals surface area contributed by atoms with Crippen LogP contribution in [0, 0.1) is 6.92 Å². The fourth-order valence-electron chi connectivity index (χ4n) is 6.25. The summed E-state index contributed by atoms with van der Waals surface area (Å²) in [6, 6.07) is 44.8. The molecule has 206 valence electrons. The number of fused-ring (bicyclic) bond motifs is 1. The van der Waals surface area contributed by atoms with Crippen molar-refractivity contribution in [2.75, 3.05) is 10.8 Å². The second-order valence-electron chi connectivity index (χ2n) is 10.7. The van der Waals surface area contributed by atoms with E-state index in [1.54, 1.807) is 31.2 Å². The molecule has 1 heterocycles. The lowest BCUT2D eigenvalue weighted by atomic mass is 9.87. The normalized spacial score (nSPS) is 19.0. The fraction of sp³-hybridized carbons (Fsp3) is 0.143. The Bertz CT molecular complexity index is 1660. The summed E-state index contributed by atoms with van der Waals surface area (Å²) in [6.07, 6.45) is 0. The lowest BCUT2D eigenvalue weighted by Crippen LogP contribution is -2.62. The van der Waals surface area contributed by atoms with Crippen molar-refractivity contribution in [1.29, 1.82) is 0 Å². The molecular weight excluding hydrogens is 545 g/mol. The quantitative estimate of drug-likeness (QED) is 0.263. The third-order valence-corrected chi connectivity index (χ3v) is 15.0. The zero-order valence-electron chi connectivity index (χ0n) is 23.1. The van der Waals surface area contributed by atoms with E-state index in [0.29, 0.717) is 11.3 Å². The van der Waals surface area contributed by atoms with E-state index in [1.165, 1.54) is 4.31 Å². The van der Waals surface area contributed by atoms with Crippen molar-refractivity contribution in [3.63, 3.8) is 0 Å². The highest BCUT2D eigenvalue weighted by Gasteiger charge is 2.59. The molecule has 0 N–H and O–H groups in total. The number of sulfonamides is 1. The SMILES string of the molecule is Cc1ccc(S(=O)(=O)N2CC([P+](c3ccccc3)(c3ccccc3)c3ccccc3)C(C)([O-])c3ccccc32)cc1. The van der Waals surface area contributed by atoms with Crippen molar-refractivity contribution in [2.24, 2.45) is 0 Å². The van der Waals surface area contributed by atoms with Gasteiger partial charge in [0.15, 0.2) is 0 Å². The molecule has 1 aliphatic rings. The molecule has 0 spiro atoms. The highest BCUT2D eigenvalue weighted by atomic mass is 32.2. The molecule has 0 saturated carbocycles. The lowest BCUT2D eigenvalue weighted by Gasteiger charge is -2.54. The van der Waals surface area contributed by atoms with E-state index >= 15 is 5.11 Å². The van der Waals surface area contributed by atoms with Gasteiger partial charge in [-0.1, -0.05) is 97.4 Å². The molecule has 2 unspecified atom stereocenters. The smallest absolute Gasteiger partial charge is 0.264 e. The minimum Gasteiger partial charge on any atom is -0.843 e. The molecule has 0 aliphatic carbocycles. The molecule has 0 bridgehead atoms. The third-order valence-electron chi connectivity index (χ3n) is 8.25. The summed E-state index contributed by atoms with van der Waals surface area (Å²) in [5.74, 6) is 0. The second-order valence-corrected chi connectivity index (χ2v) is 16.2. The molecule has 6 heteroatoms. The van der Waals surface area contributed by atoms with Crippen LogP contribution in [0.25, 0.3) is 0 Å². The van der Waals surface area contributed by atoms with Gasteiger partial charge in [-0.3, -0.25) is 4.31 Å². The van der Waals surface area contributed by atoms with Gasteiger partial charge in [-0.2, -0.15) is 0 Å².